The minimum absolute atomic E-state index is 0.195. The van der Waals surface area contributed by atoms with Gasteiger partial charge in [-0.15, -0.1) is 0 Å². The van der Waals surface area contributed by atoms with Gasteiger partial charge in [-0.05, 0) is 37.4 Å². The van der Waals surface area contributed by atoms with E-state index in [4.69, 9.17) is 11.6 Å². The van der Waals surface area contributed by atoms with E-state index in [1.807, 2.05) is 13.0 Å². The Hall–Kier alpha value is -2.21. The van der Waals surface area contributed by atoms with E-state index in [0.717, 1.165) is 16.8 Å². The van der Waals surface area contributed by atoms with Crippen LogP contribution in [-0.2, 0) is 0 Å². The van der Waals surface area contributed by atoms with Gasteiger partial charge in [-0.3, -0.25) is 9.98 Å². The molecule has 2 aromatic heterocycles. The molecule has 0 unspecified atom stereocenters. The molecule has 104 valence electrons. The van der Waals surface area contributed by atoms with Crippen molar-refractivity contribution in [2.45, 2.75) is 6.92 Å². The van der Waals surface area contributed by atoms with Crippen LogP contribution in [0.3, 0.4) is 0 Å². The Kier molecular flexibility index (Phi) is 4.47. The van der Waals surface area contributed by atoms with E-state index in [9.17, 15) is 0 Å². The molecule has 0 bridgehead atoms. The molecule has 2 rings (SSSR count). The van der Waals surface area contributed by atoms with Crippen LogP contribution < -0.4 is 5.32 Å². The molecule has 2 heterocycles. The molecule has 0 aliphatic rings. The van der Waals surface area contributed by atoms with Gasteiger partial charge in [0.15, 0.2) is 0 Å². The summed E-state index contributed by atoms with van der Waals surface area (Å²) >= 11 is 5.92. The average Bonchev–Trinajstić information content (AvgIpc) is 2.79. The van der Waals surface area contributed by atoms with Crippen LogP contribution in [-0.4, -0.2) is 41.0 Å². The molecular formula is C13H15ClN6. The molecule has 0 spiro atoms. The first kappa shape index (κ1) is 14.2. The van der Waals surface area contributed by atoms with E-state index < -0.39 is 0 Å². The van der Waals surface area contributed by atoms with Crippen LogP contribution in [0.4, 0.5) is 5.82 Å². The number of nitrogens with one attached hydrogen (secondary N) is 2. The highest BCUT2D eigenvalue weighted by atomic mass is 35.5. The van der Waals surface area contributed by atoms with Gasteiger partial charge in [-0.25, -0.2) is 4.98 Å². The summed E-state index contributed by atoms with van der Waals surface area (Å²) in [4.78, 5) is 19.3. The number of aryl methyl sites for hydroxylation is 1. The topological polar surface area (TPSA) is 78.3 Å². The molecule has 6 nitrogen and oxygen atoms in total. The second-order valence-electron chi connectivity index (χ2n) is 4.12. The fourth-order valence-corrected chi connectivity index (χ4v) is 1.94. The second-order valence-corrected chi connectivity index (χ2v) is 4.46. The number of anilines is 1. The maximum absolute atomic E-state index is 5.92. The predicted octanol–water partition coefficient (Wildman–Crippen LogP) is 2.62. The van der Waals surface area contributed by atoms with Gasteiger partial charge in [0, 0.05) is 18.9 Å². The fraction of sp³-hybridized carbons (Fsp3) is 0.231. The summed E-state index contributed by atoms with van der Waals surface area (Å²) in [7, 11) is 1.72. The Labute approximate surface area is 121 Å². The van der Waals surface area contributed by atoms with Gasteiger partial charge in [-0.1, -0.05) is 0 Å². The smallest absolute Gasteiger partial charge is 0.226 e. The SMILES string of the molecule is C=N/C=C\C(CNc1nc(Cl)nc2[nH]c(C)cc12)=N/C. The third-order valence-electron chi connectivity index (χ3n) is 2.69. The monoisotopic (exact) mass is 290 g/mol. The number of H-pyrrole nitrogens is 1. The van der Waals surface area contributed by atoms with Gasteiger partial charge in [0.2, 0.25) is 5.28 Å². The van der Waals surface area contributed by atoms with Gasteiger partial charge in [0.1, 0.15) is 11.5 Å². The Morgan fingerprint density at radius 1 is 1.55 bits per heavy atom. The third-order valence-corrected chi connectivity index (χ3v) is 2.86. The summed E-state index contributed by atoms with van der Waals surface area (Å²) in [5, 5.41) is 4.29. The maximum atomic E-state index is 5.92. The van der Waals surface area contributed by atoms with Crippen molar-refractivity contribution < 1.29 is 0 Å². The summed E-state index contributed by atoms with van der Waals surface area (Å²) < 4.78 is 0. The van der Waals surface area contributed by atoms with Crippen LogP contribution in [0.2, 0.25) is 5.28 Å². The van der Waals surface area contributed by atoms with Crippen molar-refractivity contribution in [3.8, 4) is 0 Å². The van der Waals surface area contributed by atoms with Gasteiger partial charge < -0.3 is 10.3 Å². The van der Waals surface area contributed by atoms with Crippen molar-refractivity contribution in [3.63, 3.8) is 0 Å². The number of fused-ring (bicyclic) bond motifs is 1. The number of rotatable bonds is 5. The standard InChI is InChI=1S/C13H15ClN6/c1-8-6-10-11(19-13(14)20-12(10)18-8)17-7-9(16-3)4-5-15-2/h4-6H,2,7H2,1,3H3,(H2,17,18,19,20)/b5-4-,16-9+. The van der Waals surface area contributed by atoms with Crippen molar-refractivity contribution in [2.75, 3.05) is 18.9 Å². The number of aromatic amines is 1. The lowest BCUT2D eigenvalue weighted by atomic mass is 10.3. The highest BCUT2D eigenvalue weighted by Gasteiger charge is 2.09. The minimum Gasteiger partial charge on any atom is -0.364 e. The van der Waals surface area contributed by atoms with Gasteiger partial charge in [0.05, 0.1) is 17.6 Å². The van der Waals surface area contributed by atoms with Gasteiger partial charge >= 0.3 is 0 Å². The van der Waals surface area contributed by atoms with Gasteiger partial charge in [0.25, 0.3) is 0 Å². The Bertz CT molecular complexity index is 685. The Balaban J connectivity index is 2.25. The molecule has 2 N–H and O–H groups in total. The van der Waals surface area contributed by atoms with E-state index in [1.165, 1.54) is 0 Å². The first-order valence-electron chi connectivity index (χ1n) is 5.99. The highest BCUT2D eigenvalue weighted by molar-refractivity contribution is 6.28. The van der Waals surface area contributed by atoms with Crippen LogP contribution in [0, 0.1) is 6.92 Å². The zero-order valence-corrected chi connectivity index (χ0v) is 12.1. The van der Waals surface area contributed by atoms with Crippen molar-refractivity contribution in [3.05, 3.63) is 29.3 Å². The highest BCUT2D eigenvalue weighted by Crippen LogP contribution is 2.22. The van der Waals surface area contributed by atoms with E-state index >= 15 is 0 Å². The second kappa shape index (κ2) is 6.29. The predicted molar refractivity (Wildman–Crippen MR) is 84.2 cm³/mol. The molecule has 0 saturated heterocycles. The van der Waals surface area contributed by atoms with Crippen LogP contribution in [0.25, 0.3) is 11.0 Å². The number of nitrogens with zero attached hydrogens (tertiary/aromatic N) is 4. The van der Waals surface area contributed by atoms with Crippen LogP contribution in [0.15, 0.2) is 28.3 Å². The summed E-state index contributed by atoms with van der Waals surface area (Å²) in [5.74, 6) is 0.672. The molecule has 0 aromatic carbocycles. The third kappa shape index (κ3) is 3.21. The quantitative estimate of drug-likeness (QED) is 0.656. The molecular weight excluding hydrogens is 276 g/mol. The Morgan fingerprint density at radius 3 is 3.05 bits per heavy atom. The molecule has 0 aliphatic carbocycles. The molecule has 0 amide bonds. The molecule has 0 radical (unpaired) electrons. The summed E-state index contributed by atoms with van der Waals surface area (Å²) in [6.45, 7) is 5.85. The number of hydrogen-bond acceptors (Lipinski definition) is 5. The lowest BCUT2D eigenvalue weighted by Gasteiger charge is -2.06. The first-order valence-corrected chi connectivity index (χ1v) is 6.36. The fourth-order valence-electron chi connectivity index (χ4n) is 1.77. The molecule has 0 fully saturated rings. The lowest BCUT2D eigenvalue weighted by molar-refractivity contribution is 1.17. The molecule has 7 heteroatoms. The van der Waals surface area contributed by atoms with Crippen molar-refractivity contribution in [2.24, 2.45) is 9.98 Å². The number of aliphatic imine (C=N–C) groups is 2. The Morgan fingerprint density at radius 2 is 2.35 bits per heavy atom. The van der Waals surface area contributed by atoms with Crippen LogP contribution >= 0.6 is 11.6 Å². The molecule has 0 aliphatic heterocycles. The molecule has 0 saturated carbocycles. The van der Waals surface area contributed by atoms with Crippen molar-refractivity contribution in [1.82, 2.24) is 15.0 Å². The lowest BCUT2D eigenvalue weighted by Crippen LogP contribution is -2.13. The van der Waals surface area contributed by atoms with Gasteiger partial charge in [-0.2, -0.15) is 4.98 Å². The molecule has 2 aromatic rings. The van der Waals surface area contributed by atoms with E-state index in [2.05, 4.69) is 37.0 Å². The normalized spacial score (nSPS) is 12.2. The summed E-state index contributed by atoms with van der Waals surface area (Å²) in [6.07, 6.45) is 3.37. The zero-order chi connectivity index (χ0) is 14.5. The minimum atomic E-state index is 0.195. The van der Waals surface area contributed by atoms with Crippen LogP contribution in [0.1, 0.15) is 5.69 Å². The number of halogens is 1. The summed E-state index contributed by atoms with van der Waals surface area (Å²) in [6, 6.07) is 1.97. The number of hydrogen-bond donors (Lipinski definition) is 2. The van der Waals surface area contributed by atoms with E-state index in [1.54, 1.807) is 19.3 Å². The van der Waals surface area contributed by atoms with E-state index in [0.29, 0.717) is 18.0 Å². The molecule has 20 heavy (non-hydrogen) atoms. The van der Waals surface area contributed by atoms with Crippen molar-refractivity contribution >= 4 is 40.9 Å². The van der Waals surface area contributed by atoms with Crippen molar-refractivity contribution in [1.29, 1.82) is 0 Å². The van der Waals surface area contributed by atoms with E-state index in [-0.39, 0.29) is 5.28 Å². The zero-order valence-electron chi connectivity index (χ0n) is 11.3. The largest absolute Gasteiger partial charge is 0.364 e. The maximum Gasteiger partial charge on any atom is 0.226 e. The summed E-state index contributed by atoms with van der Waals surface area (Å²) in [5.41, 5.74) is 2.54. The number of aromatic nitrogens is 3. The average molecular weight is 291 g/mol. The first-order chi connectivity index (χ1) is 9.63. The van der Waals surface area contributed by atoms with Crippen LogP contribution in [0.5, 0.6) is 0 Å². The molecule has 0 atom stereocenters.